The maximum Gasteiger partial charge on any atom is 0.410 e. The summed E-state index contributed by atoms with van der Waals surface area (Å²) in [6, 6.07) is 7.93. The molecule has 1 aromatic carbocycles. The summed E-state index contributed by atoms with van der Waals surface area (Å²) in [4.78, 5) is 18.7. The molecule has 1 N–H and O–H groups in total. The van der Waals surface area contributed by atoms with Crippen LogP contribution in [-0.4, -0.2) is 38.3 Å². The predicted molar refractivity (Wildman–Crippen MR) is 99.5 cm³/mol. The van der Waals surface area contributed by atoms with E-state index in [9.17, 15) is 4.79 Å². The van der Waals surface area contributed by atoms with Crippen molar-refractivity contribution < 1.29 is 9.53 Å². The number of halogens is 1. The molecule has 7 heteroatoms. The lowest BCUT2D eigenvalue weighted by atomic mass is 10.2. The van der Waals surface area contributed by atoms with E-state index in [1.54, 1.807) is 4.90 Å². The SMILES string of the molecule is CC(C)(C)OC(=O)N1CCC[C@H]1c1nc(-c2ccc(I)cc2)n[nH]1. The number of nitrogens with zero attached hydrogens (tertiary/aromatic N) is 3. The topological polar surface area (TPSA) is 71.1 Å². The van der Waals surface area contributed by atoms with E-state index >= 15 is 0 Å². The number of amides is 1. The van der Waals surface area contributed by atoms with Crippen LogP contribution in [0.3, 0.4) is 0 Å². The first-order valence-electron chi connectivity index (χ1n) is 8.01. The van der Waals surface area contributed by atoms with Crippen molar-refractivity contribution in [3.8, 4) is 11.4 Å². The number of hydrogen-bond acceptors (Lipinski definition) is 4. The van der Waals surface area contributed by atoms with Gasteiger partial charge in [0.05, 0.1) is 6.04 Å². The number of H-pyrrole nitrogens is 1. The Balaban J connectivity index is 1.78. The van der Waals surface area contributed by atoms with Gasteiger partial charge in [-0.05, 0) is 68.3 Å². The molecule has 0 radical (unpaired) electrons. The van der Waals surface area contributed by atoms with Crippen LogP contribution in [0.2, 0.25) is 0 Å². The number of nitrogens with one attached hydrogen (secondary N) is 1. The molecule has 1 aliphatic heterocycles. The second-order valence-corrected chi connectivity index (χ2v) is 8.13. The predicted octanol–water partition coefficient (Wildman–Crippen LogP) is 4.15. The van der Waals surface area contributed by atoms with Crippen LogP contribution in [-0.2, 0) is 4.74 Å². The van der Waals surface area contributed by atoms with Gasteiger partial charge in [-0.3, -0.25) is 10.00 Å². The normalized spacial score (nSPS) is 18.0. The number of carbonyl (C=O) groups is 1. The molecule has 3 rings (SSSR count). The van der Waals surface area contributed by atoms with E-state index in [2.05, 4.69) is 37.8 Å². The molecule has 24 heavy (non-hydrogen) atoms. The van der Waals surface area contributed by atoms with Crippen molar-refractivity contribution in [2.75, 3.05) is 6.54 Å². The molecule has 1 aliphatic rings. The van der Waals surface area contributed by atoms with Gasteiger partial charge in [-0.2, -0.15) is 5.10 Å². The molecular formula is C17H21IN4O2. The van der Waals surface area contributed by atoms with Crippen molar-refractivity contribution in [2.45, 2.75) is 45.3 Å². The standard InChI is InChI=1S/C17H21IN4O2/c1-17(2,3)24-16(23)22-10-4-5-13(22)15-19-14(20-21-15)11-6-8-12(18)9-7-11/h6-9,13H,4-5,10H2,1-3H3,(H,19,20,21)/t13-/m0/s1. The van der Waals surface area contributed by atoms with Gasteiger partial charge in [-0.15, -0.1) is 0 Å². The zero-order valence-electron chi connectivity index (χ0n) is 14.0. The monoisotopic (exact) mass is 440 g/mol. The fourth-order valence-corrected chi connectivity index (χ4v) is 3.10. The smallest absolute Gasteiger partial charge is 0.410 e. The van der Waals surface area contributed by atoms with E-state index in [4.69, 9.17) is 4.74 Å². The van der Waals surface area contributed by atoms with Gasteiger partial charge in [0.2, 0.25) is 0 Å². The maximum atomic E-state index is 12.4. The molecular weight excluding hydrogens is 419 g/mol. The lowest BCUT2D eigenvalue weighted by Crippen LogP contribution is -2.36. The third-order valence-electron chi connectivity index (χ3n) is 3.80. The van der Waals surface area contributed by atoms with Crippen LogP contribution in [0.1, 0.15) is 45.5 Å². The first-order chi connectivity index (χ1) is 11.3. The summed E-state index contributed by atoms with van der Waals surface area (Å²) < 4.78 is 6.67. The molecule has 6 nitrogen and oxygen atoms in total. The Bertz CT molecular complexity index is 721. The lowest BCUT2D eigenvalue weighted by molar-refractivity contribution is 0.0218. The summed E-state index contributed by atoms with van der Waals surface area (Å²) in [5.41, 5.74) is 0.456. The van der Waals surface area contributed by atoms with Crippen molar-refractivity contribution in [2.24, 2.45) is 0 Å². The molecule has 0 saturated carbocycles. The average Bonchev–Trinajstić information content (AvgIpc) is 3.15. The fourth-order valence-electron chi connectivity index (χ4n) is 2.74. The molecule has 1 amide bonds. The Morgan fingerprint density at radius 3 is 2.71 bits per heavy atom. The number of aromatic amines is 1. The van der Waals surface area contributed by atoms with Crippen LogP contribution in [0.15, 0.2) is 24.3 Å². The third-order valence-corrected chi connectivity index (χ3v) is 4.52. The van der Waals surface area contributed by atoms with E-state index in [1.165, 1.54) is 3.57 Å². The molecule has 1 saturated heterocycles. The van der Waals surface area contributed by atoms with Gasteiger partial charge in [0.25, 0.3) is 0 Å². The second kappa shape index (κ2) is 6.70. The summed E-state index contributed by atoms with van der Waals surface area (Å²) in [5.74, 6) is 1.37. The summed E-state index contributed by atoms with van der Waals surface area (Å²) >= 11 is 2.27. The molecule has 0 spiro atoms. The van der Waals surface area contributed by atoms with E-state index < -0.39 is 5.60 Å². The van der Waals surface area contributed by atoms with E-state index in [0.717, 1.165) is 18.4 Å². The number of carbonyl (C=O) groups excluding carboxylic acids is 1. The molecule has 2 aromatic rings. The average molecular weight is 440 g/mol. The van der Waals surface area contributed by atoms with E-state index in [1.807, 2.05) is 45.0 Å². The Morgan fingerprint density at radius 1 is 1.33 bits per heavy atom. The molecule has 0 aliphatic carbocycles. The van der Waals surface area contributed by atoms with Crippen molar-refractivity contribution in [1.29, 1.82) is 0 Å². The highest BCUT2D eigenvalue weighted by Crippen LogP contribution is 2.32. The van der Waals surface area contributed by atoms with Crippen molar-refractivity contribution in [1.82, 2.24) is 20.1 Å². The largest absolute Gasteiger partial charge is 0.444 e. The van der Waals surface area contributed by atoms with Gasteiger partial charge in [0.15, 0.2) is 5.82 Å². The van der Waals surface area contributed by atoms with Crippen molar-refractivity contribution >= 4 is 28.7 Å². The fraction of sp³-hybridized carbons (Fsp3) is 0.471. The summed E-state index contributed by atoms with van der Waals surface area (Å²) in [5, 5.41) is 7.31. The van der Waals surface area contributed by atoms with Gasteiger partial charge in [0, 0.05) is 15.7 Å². The highest BCUT2D eigenvalue weighted by Gasteiger charge is 2.35. The molecule has 1 aromatic heterocycles. The molecule has 1 fully saturated rings. The minimum absolute atomic E-state index is 0.107. The summed E-state index contributed by atoms with van der Waals surface area (Å²) in [6.45, 7) is 6.30. The number of likely N-dealkylation sites (tertiary alicyclic amines) is 1. The third kappa shape index (κ3) is 3.88. The Morgan fingerprint density at radius 2 is 2.04 bits per heavy atom. The number of aromatic nitrogens is 3. The van der Waals surface area contributed by atoms with Crippen LogP contribution in [0.25, 0.3) is 11.4 Å². The highest BCUT2D eigenvalue weighted by atomic mass is 127. The van der Waals surface area contributed by atoms with Gasteiger partial charge < -0.3 is 4.74 Å². The van der Waals surface area contributed by atoms with Crippen molar-refractivity contribution in [3.05, 3.63) is 33.7 Å². The quantitative estimate of drug-likeness (QED) is 0.713. The zero-order chi connectivity index (χ0) is 17.3. The second-order valence-electron chi connectivity index (χ2n) is 6.88. The van der Waals surface area contributed by atoms with Crippen LogP contribution < -0.4 is 0 Å². The first-order valence-corrected chi connectivity index (χ1v) is 9.09. The molecule has 128 valence electrons. The number of ether oxygens (including phenoxy) is 1. The molecule has 2 heterocycles. The first kappa shape index (κ1) is 17.2. The van der Waals surface area contributed by atoms with E-state index in [-0.39, 0.29) is 12.1 Å². The Labute approximate surface area is 155 Å². The van der Waals surface area contributed by atoms with Gasteiger partial charge in [-0.25, -0.2) is 9.78 Å². The molecule has 0 unspecified atom stereocenters. The van der Waals surface area contributed by atoms with Crippen LogP contribution in [0, 0.1) is 3.57 Å². The minimum atomic E-state index is -0.502. The lowest BCUT2D eigenvalue weighted by Gasteiger charge is -2.27. The Kier molecular flexibility index (Phi) is 4.80. The van der Waals surface area contributed by atoms with Gasteiger partial charge >= 0.3 is 6.09 Å². The molecule has 0 bridgehead atoms. The number of hydrogen-bond donors (Lipinski definition) is 1. The minimum Gasteiger partial charge on any atom is -0.444 e. The van der Waals surface area contributed by atoms with Crippen LogP contribution >= 0.6 is 22.6 Å². The summed E-state index contributed by atoms with van der Waals surface area (Å²) in [7, 11) is 0. The maximum absolute atomic E-state index is 12.4. The summed E-state index contributed by atoms with van der Waals surface area (Å²) in [6.07, 6.45) is 1.50. The highest BCUT2D eigenvalue weighted by molar-refractivity contribution is 14.1. The van der Waals surface area contributed by atoms with Gasteiger partial charge in [0.1, 0.15) is 11.4 Å². The number of rotatable bonds is 2. The van der Waals surface area contributed by atoms with Crippen molar-refractivity contribution in [3.63, 3.8) is 0 Å². The van der Waals surface area contributed by atoms with Crippen LogP contribution in [0.4, 0.5) is 4.79 Å². The van der Waals surface area contributed by atoms with E-state index in [0.29, 0.717) is 18.2 Å². The zero-order valence-corrected chi connectivity index (χ0v) is 16.2. The molecule has 1 atom stereocenters. The number of benzene rings is 1. The van der Waals surface area contributed by atoms with Crippen LogP contribution in [0.5, 0.6) is 0 Å². The van der Waals surface area contributed by atoms with Gasteiger partial charge in [-0.1, -0.05) is 12.1 Å². The Hall–Kier alpha value is -1.64.